The summed E-state index contributed by atoms with van der Waals surface area (Å²) in [6.07, 6.45) is 8.60. The summed E-state index contributed by atoms with van der Waals surface area (Å²) in [4.78, 5) is 25.2. The number of rotatable bonds is 4. The van der Waals surface area contributed by atoms with Gasteiger partial charge in [0.05, 0.1) is 11.3 Å². The quantitative estimate of drug-likeness (QED) is 0.702. The Balaban J connectivity index is 1.53. The highest BCUT2D eigenvalue weighted by Crippen LogP contribution is 2.32. The van der Waals surface area contributed by atoms with Crippen molar-refractivity contribution < 1.29 is 4.79 Å². The summed E-state index contributed by atoms with van der Waals surface area (Å²) in [6, 6.07) is 7.80. The normalized spacial score (nSPS) is 14.8. The van der Waals surface area contributed by atoms with Crippen LogP contribution in [-0.2, 0) is 4.79 Å². The monoisotopic (exact) mass is 379 g/mol. The maximum Gasteiger partial charge on any atom is 0.227 e. The second-order valence-corrected chi connectivity index (χ2v) is 7.62. The van der Waals surface area contributed by atoms with Crippen molar-refractivity contribution >= 4 is 28.7 Å². The summed E-state index contributed by atoms with van der Waals surface area (Å²) < 4.78 is 0. The molecule has 0 spiro atoms. The number of anilines is 2. The molecule has 1 aliphatic rings. The molecule has 1 amide bonds. The molecule has 0 bridgehead atoms. The van der Waals surface area contributed by atoms with E-state index >= 15 is 0 Å². The van der Waals surface area contributed by atoms with E-state index in [1.165, 1.54) is 24.1 Å². The molecule has 0 saturated heterocycles. The fourth-order valence-electron chi connectivity index (χ4n) is 3.40. The third kappa shape index (κ3) is 3.98. The number of nitrogens with zero attached hydrogens (tertiary/aromatic N) is 3. The van der Waals surface area contributed by atoms with Crippen LogP contribution in [0.2, 0.25) is 0 Å². The minimum Gasteiger partial charge on any atom is -0.383 e. The Morgan fingerprint density at radius 3 is 2.89 bits per heavy atom. The topological polar surface area (TPSA) is 93.8 Å². The summed E-state index contributed by atoms with van der Waals surface area (Å²) in [5.41, 5.74) is 9.25. The second kappa shape index (κ2) is 7.84. The lowest BCUT2D eigenvalue weighted by molar-refractivity contribution is -0.120. The molecule has 0 atom stereocenters. The molecular formula is C20H21N5OS. The Bertz CT molecular complexity index is 949. The minimum absolute atomic E-state index is 0.125. The first kappa shape index (κ1) is 17.6. The van der Waals surface area contributed by atoms with Gasteiger partial charge in [-0.25, -0.2) is 15.0 Å². The summed E-state index contributed by atoms with van der Waals surface area (Å²) >= 11 is 1.50. The molecule has 6 nitrogen and oxygen atoms in total. The van der Waals surface area contributed by atoms with Crippen LogP contribution in [0.5, 0.6) is 0 Å². The number of carbonyl (C=O) groups is 1. The molecule has 1 fully saturated rings. The number of aromatic nitrogens is 3. The van der Waals surface area contributed by atoms with E-state index in [0.717, 1.165) is 53.2 Å². The van der Waals surface area contributed by atoms with Crippen LogP contribution >= 0.6 is 11.3 Å². The molecule has 2 heterocycles. The van der Waals surface area contributed by atoms with Gasteiger partial charge in [-0.3, -0.25) is 4.79 Å². The van der Waals surface area contributed by atoms with Crippen LogP contribution in [0.3, 0.4) is 0 Å². The predicted molar refractivity (Wildman–Crippen MR) is 108 cm³/mol. The molecule has 3 N–H and O–H groups in total. The number of nitrogens with one attached hydrogen (secondary N) is 1. The number of nitrogens with two attached hydrogens (primary N) is 1. The van der Waals surface area contributed by atoms with Gasteiger partial charge < -0.3 is 11.1 Å². The Morgan fingerprint density at radius 1 is 1.22 bits per heavy atom. The molecule has 27 heavy (non-hydrogen) atoms. The maximum atomic E-state index is 12.5. The fraction of sp³-hybridized carbons (Fsp3) is 0.300. The van der Waals surface area contributed by atoms with E-state index in [0.29, 0.717) is 5.82 Å². The third-order valence-corrected chi connectivity index (χ3v) is 5.76. The van der Waals surface area contributed by atoms with Crippen molar-refractivity contribution in [3.05, 3.63) is 42.2 Å². The van der Waals surface area contributed by atoms with Crippen molar-refractivity contribution in [2.45, 2.75) is 32.1 Å². The molecule has 0 radical (unpaired) electrons. The Kier molecular flexibility index (Phi) is 5.11. The van der Waals surface area contributed by atoms with Crippen molar-refractivity contribution in [3.8, 4) is 21.8 Å². The number of carbonyl (C=O) groups excluding carboxylic acids is 1. The van der Waals surface area contributed by atoms with Gasteiger partial charge in [0.1, 0.15) is 17.2 Å². The molecule has 1 aromatic carbocycles. The second-order valence-electron chi connectivity index (χ2n) is 6.76. The summed E-state index contributed by atoms with van der Waals surface area (Å²) in [5.74, 6) is 0.675. The third-order valence-electron chi connectivity index (χ3n) is 4.88. The van der Waals surface area contributed by atoms with Crippen molar-refractivity contribution in [2.24, 2.45) is 5.92 Å². The lowest BCUT2D eigenvalue weighted by Gasteiger charge is -2.20. The SMILES string of the molecule is Nc1ncncc1-c1nc(-c2cccc(NC(=O)C3CCCCC3)c2)cs1. The predicted octanol–water partition coefficient (Wildman–Crippen LogP) is 4.37. The molecule has 138 valence electrons. The van der Waals surface area contributed by atoms with Crippen molar-refractivity contribution in [3.63, 3.8) is 0 Å². The zero-order valence-corrected chi connectivity index (χ0v) is 15.7. The standard InChI is InChI=1S/C20H21N5OS/c21-18-16(10-22-12-23-18)20-25-17(11-27-20)14-7-4-8-15(9-14)24-19(26)13-5-2-1-3-6-13/h4,7-13H,1-3,5-6H2,(H,24,26)(H2,21,22,23). The van der Waals surface area contributed by atoms with Gasteiger partial charge in [0.15, 0.2) is 0 Å². The van der Waals surface area contributed by atoms with Gasteiger partial charge in [0.2, 0.25) is 5.91 Å². The van der Waals surface area contributed by atoms with Crippen LogP contribution in [-0.4, -0.2) is 20.9 Å². The zero-order valence-electron chi connectivity index (χ0n) is 14.9. The van der Waals surface area contributed by atoms with Crippen molar-refractivity contribution in [1.29, 1.82) is 0 Å². The average Bonchev–Trinajstić information content (AvgIpc) is 3.19. The number of hydrogen-bond donors (Lipinski definition) is 2. The van der Waals surface area contributed by atoms with Gasteiger partial charge in [0.25, 0.3) is 0 Å². The first-order chi connectivity index (χ1) is 13.2. The van der Waals surface area contributed by atoms with E-state index in [1.54, 1.807) is 6.20 Å². The Labute approximate surface area is 161 Å². The number of amides is 1. The lowest BCUT2D eigenvalue weighted by Crippen LogP contribution is -2.24. The van der Waals surface area contributed by atoms with Gasteiger partial charge in [-0.2, -0.15) is 0 Å². The molecule has 2 aromatic heterocycles. The van der Waals surface area contributed by atoms with E-state index in [4.69, 9.17) is 5.73 Å². The molecule has 4 rings (SSSR count). The van der Waals surface area contributed by atoms with Gasteiger partial charge >= 0.3 is 0 Å². The van der Waals surface area contributed by atoms with E-state index in [9.17, 15) is 4.79 Å². The first-order valence-electron chi connectivity index (χ1n) is 9.13. The van der Waals surface area contributed by atoms with Crippen molar-refractivity contribution in [1.82, 2.24) is 15.0 Å². The van der Waals surface area contributed by atoms with E-state index < -0.39 is 0 Å². The molecule has 7 heteroatoms. The number of benzene rings is 1. The largest absolute Gasteiger partial charge is 0.383 e. The molecule has 1 saturated carbocycles. The summed E-state index contributed by atoms with van der Waals surface area (Å²) in [7, 11) is 0. The Hall–Kier alpha value is -2.80. The van der Waals surface area contributed by atoms with Crippen LogP contribution in [0, 0.1) is 5.92 Å². The number of nitrogen functional groups attached to an aromatic ring is 1. The lowest BCUT2D eigenvalue weighted by atomic mass is 9.88. The molecule has 1 aliphatic carbocycles. The van der Waals surface area contributed by atoms with E-state index in [-0.39, 0.29) is 11.8 Å². The van der Waals surface area contributed by atoms with Crippen LogP contribution in [0.1, 0.15) is 32.1 Å². The highest BCUT2D eigenvalue weighted by atomic mass is 32.1. The van der Waals surface area contributed by atoms with E-state index in [1.807, 2.05) is 29.6 Å². The van der Waals surface area contributed by atoms with Gasteiger partial charge in [-0.05, 0) is 25.0 Å². The van der Waals surface area contributed by atoms with Crippen LogP contribution < -0.4 is 11.1 Å². The van der Waals surface area contributed by atoms with Gasteiger partial charge in [-0.15, -0.1) is 11.3 Å². The molecule has 0 aliphatic heterocycles. The summed E-state index contributed by atoms with van der Waals surface area (Å²) in [6.45, 7) is 0. The molecular weight excluding hydrogens is 358 g/mol. The van der Waals surface area contributed by atoms with E-state index in [2.05, 4.69) is 20.3 Å². The van der Waals surface area contributed by atoms with Crippen LogP contribution in [0.4, 0.5) is 11.5 Å². The van der Waals surface area contributed by atoms with Crippen LogP contribution in [0.25, 0.3) is 21.8 Å². The summed E-state index contributed by atoms with van der Waals surface area (Å²) in [5, 5.41) is 5.82. The highest BCUT2D eigenvalue weighted by molar-refractivity contribution is 7.13. The molecule has 3 aromatic rings. The highest BCUT2D eigenvalue weighted by Gasteiger charge is 2.21. The van der Waals surface area contributed by atoms with Gasteiger partial charge in [0, 0.05) is 28.7 Å². The van der Waals surface area contributed by atoms with Crippen LogP contribution in [0.15, 0.2) is 42.2 Å². The number of hydrogen-bond acceptors (Lipinski definition) is 6. The fourth-order valence-corrected chi connectivity index (χ4v) is 4.25. The Morgan fingerprint density at radius 2 is 2.07 bits per heavy atom. The van der Waals surface area contributed by atoms with Gasteiger partial charge in [-0.1, -0.05) is 31.4 Å². The first-order valence-corrected chi connectivity index (χ1v) is 10.0. The maximum absolute atomic E-state index is 12.5. The zero-order chi connectivity index (χ0) is 18.6. The molecule has 0 unspecified atom stereocenters. The van der Waals surface area contributed by atoms with Crippen molar-refractivity contribution in [2.75, 3.05) is 11.1 Å². The number of thiazole rings is 1. The average molecular weight is 379 g/mol. The minimum atomic E-state index is 0.125. The smallest absolute Gasteiger partial charge is 0.227 e.